The normalized spacial score (nSPS) is 15.8. The van der Waals surface area contributed by atoms with Crippen molar-refractivity contribution in [1.82, 2.24) is 9.78 Å². The summed E-state index contributed by atoms with van der Waals surface area (Å²) in [6, 6.07) is 17.1. The van der Waals surface area contributed by atoms with Crippen LogP contribution in [-0.4, -0.2) is 9.78 Å². The van der Waals surface area contributed by atoms with Crippen LogP contribution >= 0.6 is 23.2 Å². The fraction of sp³-hybridized carbons (Fsp3) is 0.182. The summed E-state index contributed by atoms with van der Waals surface area (Å²) in [7, 11) is 0. The lowest BCUT2D eigenvalue weighted by atomic mass is 9.82. The Morgan fingerprint density at radius 3 is 2.52 bits per heavy atom. The molecule has 2 aromatic carbocycles. The van der Waals surface area contributed by atoms with E-state index in [1.807, 2.05) is 50.2 Å². The molecule has 7 heteroatoms. The van der Waals surface area contributed by atoms with Gasteiger partial charge in [-0.05, 0) is 35.7 Å². The summed E-state index contributed by atoms with van der Waals surface area (Å²) in [6.45, 7) is 4.10. The van der Waals surface area contributed by atoms with Gasteiger partial charge in [-0.3, -0.25) is 0 Å². The summed E-state index contributed by atoms with van der Waals surface area (Å²) in [4.78, 5) is 0. The van der Waals surface area contributed by atoms with Crippen LogP contribution in [0.3, 0.4) is 0 Å². The summed E-state index contributed by atoms with van der Waals surface area (Å²) < 4.78 is 7.66. The third-order valence-electron chi connectivity index (χ3n) is 4.90. The van der Waals surface area contributed by atoms with E-state index < -0.39 is 5.92 Å². The smallest absolute Gasteiger partial charge is 0.229 e. The lowest BCUT2D eigenvalue weighted by Gasteiger charge is -2.26. The van der Waals surface area contributed by atoms with E-state index in [2.05, 4.69) is 6.07 Å². The van der Waals surface area contributed by atoms with Crippen LogP contribution in [0.25, 0.3) is 5.69 Å². The molecule has 2 heterocycles. The number of hydrogen-bond acceptors (Lipinski definition) is 4. The molecular formula is C22H18Cl2N4O. The second-order valence-electron chi connectivity index (χ2n) is 7.10. The Morgan fingerprint density at radius 2 is 1.90 bits per heavy atom. The van der Waals surface area contributed by atoms with E-state index in [9.17, 15) is 5.26 Å². The molecule has 2 N–H and O–H groups in total. The molecule has 1 aliphatic rings. The second-order valence-corrected chi connectivity index (χ2v) is 7.94. The van der Waals surface area contributed by atoms with Gasteiger partial charge in [0.25, 0.3) is 0 Å². The molecule has 0 amide bonds. The molecule has 0 fully saturated rings. The highest BCUT2D eigenvalue weighted by molar-refractivity contribution is 6.35. The molecule has 5 nitrogen and oxygen atoms in total. The zero-order valence-electron chi connectivity index (χ0n) is 15.9. The Morgan fingerprint density at radius 1 is 1.17 bits per heavy atom. The fourth-order valence-corrected chi connectivity index (χ4v) is 4.10. The van der Waals surface area contributed by atoms with Gasteiger partial charge in [0.15, 0.2) is 0 Å². The molecule has 1 aliphatic heterocycles. The number of hydrogen-bond donors (Lipinski definition) is 1. The molecule has 3 aromatic rings. The molecular weight excluding hydrogens is 407 g/mol. The minimum atomic E-state index is -0.497. The molecule has 1 unspecified atom stereocenters. The van der Waals surface area contributed by atoms with E-state index in [-0.39, 0.29) is 11.8 Å². The van der Waals surface area contributed by atoms with Gasteiger partial charge in [0.05, 0.1) is 22.9 Å². The molecule has 0 saturated heterocycles. The van der Waals surface area contributed by atoms with E-state index in [1.54, 1.807) is 16.8 Å². The van der Waals surface area contributed by atoms with E-state index >= 15 is 0 Å². The Bertz CT molecular complexity index is 1160. The standard InChI is InChI=1S/C22H18Cl2N4O/c1-12(2)20-19-18(15-9-8-13(23)10-17(15)24)16(11-25)21(26)29-22(19)28(27-20)14-6-4-3-5-7-14/h3-10,12,18H,26H2,1-2H3. The van der Waals surface area contributed by atoms with Crippen molar-refractivity contribution in [2.75, 3.05) is 0 Å². The van der Waals surface area contributed by atoms with Crippen LogP contribution in [0.15, 0.2) is 60.0 Å². The number of rotatable bonds is 3. The first-order chi connectivity index (χ1) is 13.9. The van der Waals surface area contributed by atoms with Crippen LogP contribution < -0.4 is 10.5 Å². The number of allylic oxidation sites excluding steroid dienone is 1. The zero-order valence-corrected chi connectivity index (χ0v) is 17.4. The van der Waals surface area contributed by atoms with Gasteiger partial charge in [-0.25, -0.2) is 4.68 Å². The molecule has 146 valence electrons. The first-order valence-corrected chi connectivity index (χ1v) is 9.88. The van der Waals surface area contributed by atoms with Gasteiger partial charge in [0.2, 0.25) is 11.8 Å². The average Bonchev–Trinajstić information content (AvgIpc) is 3.07. The molecule has 0 radical (unpaired) electrons. The van der Waals surface area contributed by atoms with Gasteiger partial charge in [-0.1, -0.05) is 61.3 Å². The number of para-hydroxylation sites is 1. The van der Waals surface area contributed by atoms with Crippen molar-refractivity contribution in [3.05, 3.63) is 86.9 Å². The first-order valence-electron chi connectivity index (χ1n) is 9.13. The van der Waals surface area contributed by atoms with Crippen molar-refractivity contribution in [1.29, 1.82) is 5.26 Å². The minimum absolute atomic E-state index is 0.0448. The van der Waals surface area contributed by atoms with Crippen LogP contribution in [0.2, 0.25) is 10.0 Å². The highest BCUT2D eigenvalue weighted by Gasteiger charge is 2.38. The average molecular weight is 425 g/mol. The number of aromatic nitrogens is 2. The van der Waals surface area contributed by atoms with Crippen molar-refractivity contribution in [2.24, 2.45) is 5.73 Å². The molecule has 0 saturated carbocycles. The second kappa shape index (κ2) is 7.47. The van der Waals surface area contributed by atoms with Crippen molar-refractivity contribution in [3.8, 4) is 17.6 Å². The zero-order chi connectivity index (χ0) is 20.7. The predicted octanol–water partition coefficient (Wildman–Crippen LogP) is 5.52. The lowest BCUT2D eigenvalue weighted by molar-refractivity contribution is 0.367. The summed E-state index contributed by atoms with van der Waals surface area (Å²) in [5.74, 6) is 0.129. The molecule has 4 rings (SSSR count). The quantitative estimate of drug-likeness (QED) is 0.600. The number of nitrogens with zero attached hydrogens (tertiary/aromatic N) is 3. The Kier molecular flexibility index (Phi) is 4.99. The molecule has 29 heavy (non-hydrogen) atoms. The van der Waals surface area contributed by atoms with Gasteiger partial charge in [-0.2, -0.15) is 10.4 Å². The summed E-state index contributed by atoms with van der Waals surface area (Å²) in [5.41, 5.74) is 9.65. The van der Waals surface area contributed by atoms with Crippen LogP contribution in [-0.2, 0) is 0 Å². The maximum absolute atomic E-state index is 9.85. The minimum Gasteiger partial charge on any atom is -0.422 e. The van der Waals surface area contributed by atoms with E-state index in [4.69, 9.17) is 38.8 Å². The third-order valence-corrected chi connectivity index (χ3v) is 5.46. The Hall–Kier alpha value is -2.94. The van der Waals surface area contributed by atoms with Gasteiger partial charge >= 0.3 is 0 Å². The van der Waals surface area contributed by atoms with Crippen molar-refractivity contribution in [2.45, 2.75) is 25.7 Å². The largest absolute Gasteiger partial charge is 0.422 e. The van der Waals surface area contributed by atoms with E-state index in [1.165, 1.54) is 0 Å². The van der Waals surface area contributed by atoms with E-state index in [0.29, 0.717) is 21.5 Å². The maximum atomic E-state index is 9.85. The number of nitriles is 1. The highest BCUT2D eigenvalue weighted by Crippen LogP contribution is 2.48. The molecule has 1 aromatic heterocycles. The number of nitrogens with two attached hydrogens (primary N) is 1. The fourth-order valence-electron chi connectivity index (χ4n) is 3.58. The first kappa shape index (κ1) is 19.4. The summed E-state index contributed by atoms with van der Waals surface area (Å²) >= 11 is 12.6. The highest BCUT2D eigenvalue weighted by atomic mass is 35.5. The molecule has 0 bridgehead atoms. The van der Waals surface area contributed by atoms with Gasteiger partial charge in [-0.15, -0.1) is 0 Å². The van der Waals surface area contributed by atoms with Crippen molar-refractivity contribution >= 4 is 23.2 Å². The Labute approximate surface area is 178 Å². The molecule has 0 aliphatic carbocycles. The third kappa shape index (κ3) is 3.25. The number of halogens is 2. The number of benzene rings is 2. The number of fused-ring (bicyclic) bond motifs is 1. The molecule has 0 spiro atoms. The van der Waals surface area contributed by atoms with Crippen molar-refractivity contribution < 1.29 is 4.74 Å². The van der Waals surface area contributed by atoms with Gasteiger partial charge in [0.1, 0.15) is 11.6 Å². The van der Waals surface area contributed by atoms with Crippen molar-refractivity contribution in [3.63, 3.8) is 0 Å². The van der Waals surface area contributed by atoms with Crippen LogP contribution in [0.4, 0.5) is 0 Å². The maximum Gasteiger partial charge on any atom is 0.229 e. The monoisotopic (exact) mass is 424 g/mol. The van der Waals surface area contributed by atoms with Gasteiger partial charge in [0, 0.05) is 10.0 Å². The van der Waals surface area contributed by atoms with Crippen LogP contribution in [0.5, 0.6) is 5.88 Å². The van der Waals surface area contributed by atoms with Crippen LogP contribution in [0, 0.1) is 11.3 Å². The van der Waals surface area contributed by atoms with Crippen LogP contribution in [0.1, 0.15) is 42.5 Å². The van der Waals surface area contributed by atoms with Gasteiger partial charge < -0.3 is 10.5 Å². The Balaban J connectivity index is 2.04. The topological polar surface area (TPSA) is 76.9 Å². The predicted molar refractivity (Wildman–Crippen MR) is 113 cm³/mol. The SMILES string of the molecule is CC(C)c1nn(-c2ccccc2)c2c1C(c1ccc(Cl)cc1Cl)C(C#N)=C(N)O2. The van der Waals surface area contributed by atoms with E-state index in [0.717, 1.165) is 22.5 Å². The lowest BCUT2D eigenvalue weighted by Crippen LogP contribution is -2.22. The number of ether oxygens (including phenoxy) is 1. The summed E-state index contributed by atoms with van der Waals surface area (Å²) in [6.07, 6.45) is 0. The molecule has 1 atom stereocenters. The summed E-state index contributed by atoms with van der Waals surface area (Å²) in [5, 5.41) is 15.6.